The first-order valence-corrected chi connectivity index (χ1v) is 7.21. The topological polar surface area (TPSA) is 27.1 Å². The van der Waals surface area contributed by atoms with Crippen molar-refractivity contribution in [2.45, 2.75) is 20.4 Å². The van der Waals surface area contributed by atoms with Crippen LogP contribution < -0.4 is 4.74 Å². The van der Waals surface area contributed by atoms with Gasteiger partial charge in [0.25, 0.3) is 0 Å². The van der Waals surface area contributed by atoms with E-state index in [0.717, 1.165) is 23.6 Å². The molecule has 0 unspecified atom stereocenters. The molecule has 0 amide bonds. The van der Waals surface area contributed by atoms with Crippen molar-refractivity contribution in [2.24, 2.45) is 0 Å². The molecule has 1 aromatic carbocycles. The zero-order valence-corrected chi connectivity index (χ0v) is 13.1. The van der Waals surface area contributed by atoms with Crippen LogP contribution in [0.15, 0.2) is 36.5 Å². The van der Waals surface area contributed by atoms with E-state index in [9.17, 15) is 0 Å². The number of benzene rings is 1. The van der Waals surface area contributed by atoms with Gasteiger partial charge in [0.2, 0.25) is 0 Å². The first-order valence-electron chi connectivity index (χ1n) is 6.83. The van der Waals surface area contributed by atoms with Crippen LogP contribution in [0.4, 0.5) is 0 Å². The Morgan fingerprint density at radius 3 is 2.67 bits per heavy atom. The molecule has 3 aromatic rings. The number of methoxy groups -OCH3 is 1. The summed E-state index contributed by atoms with van der Waals surface area (Å²) in [6.45, 7) is 4.90. The van der Waals surface area contributed by atoms with Crippen molar-refractivity contribution in [1.29, 1.82) is 0 Å². The van der Waals surface area contributed by atoms with Gasteiger partial charge in [0.15, 0.2) is 0 Å². The van der Waals surface area contributed by atoms with Gasteiger partial charge in [-0.3, -0.25) is 4.98 Å². The van der Waals surface area contributed by atoms with E-state index in [0.29, 0.717) is 5.02 Å². The molecule has 21 heavy (non-hydrogen) atoms. The lowest BCUT2D eigenvalue weighted by atomic mass is 10.1. The largest absolute Gasteiger partial charge is 0.496 e. The van der Waals surface area contributed by atoms with Crippen LogP contribution in [0.1, 0.15) is 17.0 Å². The summed E-state index contributed by atoms with van der Waals surface area (Å²) in [5, 5.41) is 1.84. The number of halogens is 1. The van der Waals surface area contributed by atoms with E-state index in [1.807, 2.05) is 12.1 Å². The highest BCUT2D eigenvalue weighted by molar-refractivity contribution is 6.30. The zero-order valence-electron chi connectivity index (χ0n) is 12.4. The van der Waals surface area contributed by atoms with Gasteiger partial charge in [-0.15, -0.1) is 0 Å². The molecule has 0 aliphatic carbocycles. The molecule has 0 aliphatic rings. The minimum absolute atomic E-state index is 0.661. The lowest BCUT2D eigenvalue weighted by molar-refractivity contribution is 0.412. The van der Waals surface area contributed by atoms with E-state index in [4.69, 9.17) is 16.3 Å². The first-order chi connectivity index (χ1) is 10.1. The molecule has 2 aromatic heterocycles. The Labute approximate surface area is 129 Å². The third kappa shape index (κ3) is 2.61. The highest BCUT2D eigenvalue weighted by atomic mass is 35.5. The van der Waals surface area contributed by atoms with Gasteiger partial charge in [0, 0.05) is 22.8 Å². The minimum Gasteiger partial charge on any atom is -0.496 e. The molecule has 0 N–H and O–H groups in total. The second-order valence-electron chi connectivity index (χ2n) is 5.22. The van der Waals surface area contributed by atoms with Gasteiger partial charge >= 0.3 is 0 Å². The molecule has 0 atom stereocenters. The van der Waals surface area contributed by atoms with Crippen LogP contribution in [0.25, 0.3) is 10.9 Å². The van der Waals surface area contributed by atoms with Gasteiger partial charge in [-0.05, 0) is 49.7 Å². The number of aromatic nitrogens is 2. The molecular weight excluding hydrogens is 284 g/mol. The number of nitrogens with zero attached hydrogens (tertiary/aromatic N) is 2. The van der Waals surface area contributed by atoms with Crippen LogP contribution >= 0.6 is 11.6 Å². The van der Waals surface area contributed by atoms with Crippen LogP contribution in [-0.2, 0) is 6.54 Å². The third-order valence-corrected chi connectivity index (χ3v) is 3.96. The fourth-order valence-electron chi connectivity index (χ4n) is 2.62. The molecule has 0 radical (unpaired) electrons. The second-order valence-corrected chi connectivity index (χ2v) is 5.66. The molecule has 4 heteroatoms. The van der Waals surface area contributed by atoms with Gasteiger partial charge < -0.3 is 9.30 Å². The summed E-state index contributed by atoms with van der Waals surface area (Å²) in [5.41, 5.74) is 4.53. The van der Waals surface area contributed by atoms with E-state index in [1.54, 1.807) is 13.3 Å². The van der Waals surface area contributed by atoms with Gasteiger partial charge in [0.05, 0.1) is 24.4 Å². The Morgan fingerprint density at radius 1 is 1.19 bits per heavy atom. The molecule has 108 valence electrons. The monoisotopic (exact) mass is 300 g/mol. The second kappa shape index (κ2) is 5.41. The van der Waals surface area contributed by atoms with E-state index in [-0.39, 0.29) is 0 Å². The number of fused-ring (bicyclic) bond motifs is 1. The highest BCUT2D eigenvalue weighted by Gasteiger charge is 2.10. The molecule has 0 fully saturated rings. The quantitative estimate of drug-likeness (QED) is 0.718. The lowest BCUT2D eigenvalue weighted by Gasteiger charge is -2.10. The van der Waals surface area contributed by atoms with Crippen LogP contribution in [-0.4, -0.2) is 16.7 Å². The fraction of sp³-hybridized carbons (Fsp3) is 0.235. The number of ether oxygens (including phenoxy) is 1. The number of pyridine rings is 1. The SMILES string of the molecule is COc1cc2cc(C)n(Cc3ccc(Cl)cn3)c2cc1C. The Kier molecular flexibility index (Phi) is 3.60. The molecule has 3 nitrogen and oxygen atoms in total. The Hall–Kier alpha value is -2.00. The molecular formula is C17H17ClN2O. The summed E-state index contributed by atoms with van der Waals surface area (Å²) >= 11 is 5.89. The van der Waals surface area contributed by atoms with Crippen molar-refractivity contribution in [1.82, 2.24) is 9.55 Å². The number of hydrogen-bond acceptors (Lipinski definition) is 2. The normalized spacial score (nSPS) is 11.0. The van der Waals surface area contributed by atoms with E-state index < -0.39 is 0 Å². The third-order valence-electron chi connectivity index (χ3n) is 3.73. The Morgan fingerprint density at radius 2 is 2.00 bits per heavy atom. The maximum absolute atomic E-state index is 5.89. The summed E-state index contributed by atoms with van der Waals surface area (Å²) in [7, 11) is 1.70. The van der Waals surface area contributed by atoms with Crippen LogP contribution in [0.2, 0.25) is 5.02 Å². The van der Waals surface area contributed by atoms with Crippen molar-refractivity contribution < 1.29 is 4.74 Å². The maximum atomic E-state index is 5.89. The van der Waals surface area contributed by atoms with Crippen LogP contribution in [0, 0.1) is 13.8 Å². The number of hydrogen-bond donors (Lipinski definition) is 0. The molecule has 3 rings (SSSR count). The average molecular weight is 301 g/mol. The van der Waals surface area contributed by atoms with E-state index in [1.165, 1.54) is 16.6 Å². The van der Waals surface area contributed by atoms with Crippen molar-refractivity contribution in [2.75, 3.05) is 7.11 Å². The van der Waals surface area contributed by atoms with Crippen molar-refractivity contribution in [3.63, 3.8) is 0 Å². The van der Waals surface area contributed by atoms with Crippen molar-refractivity contribution >= 4 is 22.5 Å². The predicted molar refractivity (Wildman–Crippen MR) is 86.3 cm³/mol. The summed E-state index contributed by atoms with van der Waals surface area (Å²) < 4.78 is 7.66. The van der Waals surface area contributed by atoms with E-state index >= 15 is 0 Å². The van der Waals surface area contributed by atoms with Gasteiger partial charge in [0.1, 0.15) is 5.75 Å². The van der Waals surface area contributed by atoms with Crippen molar-refractivity contribution in [3.05, 3.63) is 58.5 Å². The minimum atomic E-state index is 0.661. The average Bonchev–Trinajstić information content (AvgIpc) is 2.76. The Balaban J connectivity index is 2.07. The Bertz CT molecular complexity index is 791. The van der Waals surface area contributed by atoms with E-state index in [2.05, 4.69) is 41.6 Å². The lowest BCUT2D eigenvalue weighted by Crippen LogP contribution is -2.03. The molecule has 0 saturated heterocycles. The summed E-state index contributed by atoms with van der Waals surface area (Å²) in [5.74, 6) is 0.921. The van der Waals surface area contributed by atoms with Crippen molar-refractivity contribution in [3.8, 4) is 5.75 Å². The predicted octanol–water partition coefficient (Wildman–Crippen LogP) is 4.36. The summed E-state index contributed by atoms with van der Waals surface area (Å²) in [6, 6.07) is 10.3. The van der Waals surface area contributed by atoms with Crippen LogP contribution in [0.3, 0.4) is 0 Å². The summed E-state index contributed by atoms with van der Waals surface area (Å²) in [6.07, 6.45) is 1.69. The molecule has 0 bridgehead atoms. The maximum Gasteiger partial charge on any atom is 0.122 e. The van der Waals surface area contributed by atoms with Crippen LogP contribution in [0.5, 0.6) is 5.75 Å². The molecule has 0 saturated carbocycles. The van der Waals surface area contributed by atoms with Gasteiger partial charge in [-0.2, -0.15) is 0 Å². The fourth-order valence-corrected chi connectivity index (χ4v) is 2.73. The summed E-state index contributed by atoms with van der Waals surface area (Å²) in [4.78, 5) is 4.38. The van der Waals surface area contributed by atoms with Gasteiger partial charge in [-0.1, -0.05) is 11.6 Å². The highest BCUT2D eigenvalue weighted by Crippen LogP contribution is 2.28. The smallest absolute Gasteiger partial charge is 0.122 e. The first kappa shape index (κ1) is 14.0. The zero-order chi connectivity index (χ0) is 15.0. The standard InChI is InChI=1S/C17H17ClN2O/c1-11-6-16-13(8-17(11)21-3)7-12(2)20(16)10-15-5-4-14(18)9-19-15/h4-9H,10H2,1-3H3. The molecule has 0 aliphatic heterocycles. The number of aryl methyl sites for hydroxylation is 2. The molecule has 0 spiro atoms. The molecule has 2 heterocycles. The number of rotatable bonds is 3. The van der Waals surface area contributed by atoms with Gasteiger partial charge in [-0.25, -0.2) is 0 Å².